The van der Waals surface area contributed by atoms with E-state index in [2.05, 4.69) is 41.5 Å². The summed E-state index contributed by atoms with van der Waals surface area (Å²) in [5.74, 6) is 1.21. The van der Waals surface area contributed by atoms with Gasteiger partial charge in [-0.2, -0.15) is 0 Å². The van der Waals surface area contributed by atoms with Gasteiger partial charge in [0.05, 0.1) is 5.35 Å². The molecule has 0 saturated carbocycles. The molecule has 0 spiro atoms. The van der Waals surface area contributed by atoms with E-state index in [0.717, 1.165) is 45.2 Å². The number of fused-ring (bicyclic) bond motifs is 1. The molecule has 0 saturated heterocycles. The molecule has 0 amide bonds. The Kier molecular flexibility index (Phi) is 5.79. The summed E-state index contributed by atoms with van der Waals surface area (Å²) in [6.07, 6.45) is 8.01. The van der Waals surface area contributed by atoms with Crippen LogP contribution in [0.5, 0.6) is 0 Å². The van der Waals surface area contributed by atoms with Crippen molar-refractivity contribution in [1.82, 2.24) is 14.7 Å². The Morgan fingerprint density at radius 3 is 2.79 bits per heavy atom. The first-order valence-corrected chi connectivity index (χ1v) is 12.2. The highest BCUT2D eigenvalue weighted by molar-refractivity contribution is 7.13. The van der Waals surface area contributed by atoms with Gasteiger partial charge < -0.3 is 14.4 Å². The van der Waals surface area contributed by atoms with Crippen LogP contribution >= 0.6 is 11.3 Å². The van der Waals surface area contributed by atoms with E-state index in [1.807, 2.05) is 49.7 Å². The van der Waals surface area contributed by atoms with Crippen LogP contribution in [0.4, 0.5) is 11.5 Å². The Morgan fingerprint density at radius 2 is 2.03 bits per heavy atom. The summed E-state index contributed by atoms with van der Waals surface area (Å²) >= 11 is 1.50. The monoisotopic (exact) mass is 470 g/mol. The standard InChI is InChI=1S/C27H26N4O2S/c1-5-18-7-8-19-13-22(27(32)31(4)23(19)12-17(18)3)21-14-20(9-6-16(21)2)29-25-15-24(33-30-25)26-28-10-11-34-26/h6,8-15H,5,7H2,1-4H3,(H,29,30). The quantitative estimate of drug-likeness (QED) is 0.449. The van der Waals surface area contributed by atoms with Crippen molar-refractivity contribution < 1.29 is 4.52 Å². The lowest BCUT2D eigenvalue weighted by molar-refractivity contribution is 0.435. The fourth-order valence-electron chi connectivity index (χ4n) is 4.35. The molecule has 0 atom stereocenters. The molecule has 7 heteroatoms. The van der Waals surface area contributed by atoms with Gasteiger partial charge in [0, 0.05) is 35.9 Å². The third-order valence-corrected chi connectivity index (χ3v) is 7.14. The van der Waals surface area contributed by atoms with Gasteiger partial charge in [-0.1, -0.05) is 29.8 Å². The number of aryl methyl sites for hydroxylation is 1. The third-order valence-electron chi connectivity index (χ3n) is 6.35. The molecule has 1 N–H and O–H groups in total. The van der Waals surface area contributed by atoms with Crippen LogP contribution in [0.15, 0.2) is 62.4 Å². The lowest BCUT2D eigenvalue weighted by atomic mass is 10.00. The molecular formula is C27H26N4O2S. The summed E-state index contributed by atoms with van der Waals surface area (Å²) < 4.78 is 7.19. The third kappa shape index (κ3) is 4.03. The highest BCUT2D eigenvalue weighted by atomic mass is 32.1. The molecule has 1 aromatic carbocycles. The van der Waals surface area contributed by atoms with Crippen LogP contribution in [-0.4, -0.2) is 14.7 Å². The smallest absolute Gasteiger partial charge is 0.258 e. The van der Waals surface area contributed by atoms with E-state index in [0.29, 0.717) is 17.1 Å². The molecule has 3 heterocycles. The van der Waals surface area contributed by atoms with Crippen LogP contribution < -0.4 is 21.4 Å². The molecule has 0 bridgehead atoms. The van der Waals surface area contributed by atoms with Crippen molar-refractivity contribution in [3.63, 3.8) is 0 Å². The summed E-state index contributed by atoms with van der Waals surface area (Å²) in [4.78, 5) is 17.7. The van der Waals surface area contributed by atoms with Crippen molar-refractivity contribution in [3.8, 4) is 21.9 Å². The van der Waals surface area contributed by atoms with Gasteiger partial charge in [-0.3, -0.25) is 4.79 Å². The normalized spacial score (nSPS) is 13.2. The van der Waals surface area contributed by atoms with Crippen LogP contribution in [-0.2, 0) is 7.05 Å². The second-order valence-electron chi connectivity index (χ2n) is 8.52. The maximum absolute atomic E-state index is 13.4. The maximum Gasteiger partial charge on any atom is 0.258 e. The number of anilines is 2. The predicted octanol–water partition coefficient (Wildman–Crippen LogP) is 4.91. The van der Waals surface area contributed by atoms with Crippen molar-refractivity contribution in [1.29, 1.82) is 0 Å². The molecule has 0 fully saturated rings. The number of rotatable bonds is 5. The van der Waals surface area contributed by atoms with Gasteiger partial charge in [-0.15, -0.1) is 11.3 Å². The van der Waals surface area contributed by atoms with E-state index < -0.39 is 0 Å². The summed E-state index contributed by atoms with van der Waals surface area (Å²) in [6, 6.07) is 9.85. The molecule has 172 valence electrons. The molecule has 6 nitrogen and oxygen atoms in total. The molecule has 0 unspecified atom stereocenters. The molecule has 1 aliphatic rings. The van der Waals surface area contributed by atoms with Gasteiger partial charge in [-0.25, -0.2) is 4.98 Å². The van der Waals surface area contributed by atoms with Crippen LogP contribution in [0.2, 0.25) is 0 Å². The van der Waals surface area contributed by atoms with Crippen LogP contribution in [0, 0.1) is 6.92 Å². The summed E-state index contributed by atoms with van der Waals surface area (Å²) in [5.41, 5.74) is 6.09. The Balaban J connectivity index is 1.55. The van der Waals surface area contributed by atoms with Gasteiger partial charge >= 0.3 is 0 Å². The lowest BCUT2D eigenvalue weighted by Gasteiger charge is -2.11. The minimum Gasteiger partial charge on any atom is -0.352 e. The number of allylic oxidation sites excluding steroid dienone is 2. The largest absolute Gasteiger partial charge is 0.352 e. The average molecular weight is 471 g/mol. The van der Waals surface area contributed by atoms with Crippen molar-refractivity contribution >= 4 is 35.0 Å². The topological polar surface area (TPSA) is 73.0 Å². The van der Waals surface area contributed by atoms with Crippen molar-refractivity contribution in [2.75, 3.05) is 5.32 Å². The van der Waals surface area contributed by atoms with E-state index in [-0.39, 0.29) is 5.56 Å². The minimum atomic E-state index is -0.0103. The molecule has 0 aliphatic heterocycles. The van der Waals surface area contributed by atoms with Crippen LogP contribution in [0.25, 0.3) is 34.0 Å². The summed E-state index contributed by atoms with van der Waals surface area (Å²) in [5, 5.41) is 12.1. The molecule has 34 heavy (non-hydrogen) atoms. The van der Waals surface area contributed by atoms with E-state index in [1.165, 1.54) is 22.5 Å². The Hall–Kier alpha value is -3.71. The lowest BCUT2D eigenvalue weighted by Crippen LogP contribution is -2.42. The van der Waals surface area contributed by atoms with Crippen molar-refractivity contribution in [2.24, 2.45) is 7.05 Å². The van der Waals surface area contributed by atoms with E-state index in [4.69, 9.17) is 4.52 Å². The molecular weight excluding hydrogens is 444 g/mol. The number of nitrogens with one attached hydrogen (secondary N) is 1. The first kappa shape index (κ1) is 22.1. The Labute approximate surface area is 201 Å². The maximum atomic E-state index is 13.4. The van der Waals surface area contributed by atoms with Gasteiger partial charge in [0.1, 0.15) is 0 Å². The molecule has 4 aromatic rings. The second-order valence-corrected chi connectivity index (χ2v) is 9.42. The van der Waals surface area contributed by atoms with Gasteiger partial charge in [0.2, 0.25) is 0 Å². The number of hydrogen-bond donors (Lipinski definition) is 1. The number of benzene rings is 1. The second kappa shape index (κ2) is 8.91. The van der Waals surface area contributed by atoms with E-state index in [1.54, 1.807) is 10.8 Å². The zero-order valence-electron chi connectivity index (χ0n) is 19.7. The zero-order chi connectivity index (χ0) is 23.8. The predicted molar refractivity (Wildman–Crippen MR) is 139 cm³/mol. The molecule has 5 rings (SSSR count). The summed E-state index contributed by atoms with van der Waals surface area (Å²) in [6.45, 7) is 6.33. The van der Waals surface area contributed by atoms with Crippen molar-refractivity contribution in [3.05, 3.63) is 79.5 Å². The molecule has 1 aliphatic carbocycles. The first-order chi connectivity index (χ1) is 16.4. The number of thiazole rings is 1. The zero-order valence-corrected chi connectivity index (χ0v) is 20.5. The van der Waals surface area contributed by atoms with Crippen LogP contribution in [0.1, 0.15) is 32.3 Å². The van der Waals surface area contributed by atoms with E-state index >= 15 is 0 Å². The van der Waals surface area contributed by atoms with Crippen molar-refractivity contribution in [2.45, 2.75) is 33.6 Å². The number of aromatic nitrogens is 3. The van der Waals surface area contributed by atoms with Gasteiger partial charge in [0.25, 0.3) is 5.56 Å². The van der Waals surface area contributed by atoms with E-state index in [9.17, 15) is 4.79 Å². The number of hydrogen-bond acceptors (Lipinski definition) is 6. The first-order valence-electron chi connectivity index (χ1n) is 11.3. The Morgan fingerprint density at radius 1 is 1.18 bits per heavy atom. The fraction of sp³-hybridized carbons (Fsp3) is 0.222. The molecule has 3 aromatic heterocycles. The number of pyridine rings is 1. The Bertz CT molecular complexity index is 1590. The highest BCUT2D eigenvalue weighted by Crippen LogP contribution is 2.28. The summed E-state index contributed by atoms with van der Waals surface area (Å²) in [7, 11) is 1.85. The minimum absolute atomic E-state index is 0.0103. The van der Waals surface area contributed by atoms with Gasteiger partial charge in [0.15, 0.2) is 16.6 Å². The molecule has 0 radical (unpaired) electrons. The van der Waals surface area contributed by atoms with Crippen LogP contribution in [0.3, 0.4) is 0 Å². The number of nitrogens with zero attached hydrogens (tertiary/aromatic N) is 3. The average Bonchev–Trinajstić information content (AvgIpc) is 3.49. The fourth-order valence-corrected chi connectivity index (χ4v) is 4.94. The highest BCUT2D eigenvalue weighted by Gasteiger charge is 2.14. The SMILES string of the molecule is CCC1=C(C)C=c2c(cc(-c3cc(Nc4cc(-c5nccs5)on4)ccc3C)c(=O)n2C)=CC1. The van der Waals surface area contributed by atoms with Gasteiger partial charge in [-0.05, 0) is 72.9 Å².